The van der Waals surface area contributed by atoms with Gasteiger partial charge in [-0.1, -0.05) is 13.0 Å². The Labute approximate surface area is 313 Å². The normalized spacial score (nSPS) is 18.7. The standard InChI is InChI=1S/C34H50I2N5O6S/c1-8-36-24(4)31(48-7)26-13-11-25(12-14-26)18-38-33(45)28-17-27(42)19-41(28)34(46)32(35)39-30(44)21-47-20-22(2)16-23(3)40(6)15-9-10-29(43)37-5/h8-14,22-23,27-28,32,42H,1,15-21H2,2-7H3,(H,37,43)(H,38,45)(H,39,44)/q-1/b10-9+,31-24-/t22?,23?,27-,28-,32+/m0/s1. The zero-order valence-electron chi connectivity index (χ0n) is 28.6. The van der Waals surface area contributed by atoms with Crippen molar-refractivity contribution in [3.05, 3.63) is 61.8 Å². The summed E-state index contributed by atoms with van der Waals surface area (Å²) in [5.74, 6) is -1.21. The Morgan fingerprint density at radius 2 is 1.94 bits per heavy atom. The number of amides is 4. The maximum atomic E-state index is 13.3. The van der Waals surface area contributed by atoms with Crippen LogP contribution in [0.5, 0.6) is 0 Å². The summed E-state index contributed by atoms with van der Waals surface area (Å²) in [6.45, 7) is 11.2. The molecule has 0 aromatic heterocycles. The Balaban J connectivity index is 1.83. The van der Waals surface area contributed by atoms with Gasteiger partial charge in [0.2, 0.25) is 11.8 Å². The summed E-state index contributed by atoms with van der Waals surface area (Å²) in [5.41, 5.74) is 2.05. The van der Waals surface area contributed by atoms with E-state index in [0.717, 1.165) is 17.5 Å². The summed E-state index contributed by atoms with van der Waals surface area (Å²) in [7, 11) is 3.57. The van der Waals surface area contributed by atoms with E-state index in [1.54, 1.807) is 18.8 Å². The van der Waals surface area contributed by atoms with Gasteiger partial charge in [-0.05, 0) is 48.9 Å². The molecule has 1 aliphatic rings. The molecule has 1 aromatic rings. The number of likely N-dealkylation sites (N-methyl/N-ethyl adjacent to an activating group) is 2. The number of nitrogens with one attached hydrogen (secondary N) is 3. The first-order valence-electron chi connectivity index (χ1n) is 15.8. The number of likely N-dealkylation sites (tertiary alicyclic amines) is 1. The van der Waals surface area contributed by atoms with E-state index in [0.29, 0.717) is 13.2 Å². The van der Waals surface area contributed by atoms with Gasteiger partial charge in [0.15, 0.2) is 4.05 Å². The third-order valence-corrected chi connectivity index (χ3v) is 11.9. The van der Waals surface area contributed by atoms with Crippen molar-refractivity contribution in [1.29, 1.82) is 0 Å². The minimum atomic E-state index is -0.925. The molecule has 1 aromatic carbocycles. The number of nitrogens with zero attached hydrogens (tertiary/aromatic N) is 2. The van der Waals surface area contributed by atoms with Crippen molar-refractivity contribution in [2.45, 2.75) is 62.4 Å². The number of halogens is 2. The molecule has 0 radical (unpaired) electrons. The van der Waals surface area contributed by atoms with E-state index in [1.165, 1.54) is 19.5 Å². The van der Waals surface area contributed by atoms with Crippen LogP contribution in [-0.4, -0.2) is 107 Å². The summed E-state index contributed by atoms with van der Waals surface area (Å²) in [6.07, 6.45) is 5.51. The van der Waals surface area contributed by atoms with Crippen LogP contribution >= 0.6 is 34.4 Å². The number of β-amino-alcohol motifs (C(OH)–C–C–N with tert-alkyl or cyclic N) is 1. The average molecular weight is 911 g/mol. The number of aliphatic hydroxyl groups is 1. The molecule has 5 atom stereocenters. The van der Waals surface area contributed by atoms with Crippen molar-refractivity contribution in [3.8, 4) is 0 Å². The summed E-state index contributed by atoms with van der Waals surface area (Å²) in [5, 5.41) is 18.4. The molecule has 4 amide bonds. The zero-order valence-corrected chi connectivity index (χ0v) is 33.8. The first-order chi connectivity index (χ1) is 22.8. The van der Waals surface area contributed by atoms with Gasteiger partial charge in [-0.25, -0.2) is 0 Å². The monoisotopic (exact) mass is 910 g/mol. The van der Waals surface area contributed by atoms with E-state index in [4.69, 9.17) is 4.74 Å². The Bertz CT molecular complexity index is 1310. The molecule has 0 bridgehead atoms. The van der Waals surface area contributed by atoms with Gasteiger partial charge < -0.3 is 25.4 Å². The third kappa shape index (κ3) is 14.1. The number of carbonyl (C=O) groups excluding carboxylic acids is 4. The Morgan fingerprint density at radius 3 is 2.56 bits per heavy atom. The van der Waals surface area contributed by atoms with E-state index in [1.807, 2.05) is 71.0 Å². The molecular weight excluding hydrogens is 860 g/mol. The number of carbonyl (C=O) groups is 4. The van der Waals surface area contributed by atoms with Crippen LogP contribution in [0.4, 0.5) is 0 Å². The second-order valence-electron chi connectivity index (χ2n) is 11.7. The summed E-state index contributed by atoms with van der Waals surface area (Å²) in [6, 6.07) is 7.44. The van der Waals surface area contributed by atoms with Gasteiger partial charge in [0.1, 0.15) is 6.61 Å². The number of alkyl halides is 1. The predicted octanol–water partition coefficient (Wildman–Crippen LogP) is 0.0912. The fraction of sp³-hybridized carbons (Fsp3) is 0.529. The van der Waals surface area contributed by atoms with E-state index < -0.39 is 28.0 Å². The minimum absolute atomic E-state index is 0.0136. The second kappa shape index (κ2) is 22.0. The maximum absolute atomic E-state index is 13.3. The number of rotatable bonds is 19. The van der Waals surface area contributed by atoms with Crippen LogP contribution in [0.1, 0.15) is 44.7 Å². The number of hydrogen-bond acceptors (Lipinski definition) is 8. The second-order valence-corrected chi connectivity index (χ2v) is 16.9. The number of aliphatic hydroxyl groups excluding tert-OH is 1. The van der Waals surface area contributed by atoms with E-state index >= 15 is 0 Å². The molecule has 268 valence electrons. The summed E-state index contributed by atoms with van der Waals surface area (Å²) in [4.78, 5) is 55.1. The van der Waals surface area contributed by atoms with Crippen LogP contribution in [0.2, 0.25) is 0 Å². The summed E-state index contributed by atoms with van der Waals surface area (Å²) >= 11 is 3.34. The van der Waals surface area contributed by atoms with E-state index in [-0.39, 0.29) is 71.1 Å². The van der Waals surface area contributed by atoms with Gasteiger partial charge >= 0.3 is 159 Å². The molecule has 1 heterocycles. The van der Waals surface area contributed by atoms with Gasteiger partial charge in [0, 0.05) is 32.3 Å². The van der Waals surface area contributed by atoms with Gasteiger partial charge in [-0.3, -0.25) is 14.4 Å². The molecule has 1 saturated heterocycles. The molecule has 0 saturated carbocycles. The number of hydrogen-bond donors (Lipinski definition) is 4. The molecule has 0 aliphatic carbocycles. The van der Waals surface area contributed by atoms with E-state index in [9.17, 15) is 24.3 Å². The zero-order chi connectivity index (χ0) is 35.8. The Morgan fingerprint density at radius 1 is 1.25 bits per heavy atom. The molecule has 2 rings (SSSR count). The van der Waals surface area contributed by atoms with Crippen LogP contribution in [0.3, 0.4) is 0 Å². The molecule has 1 aliphatic heterocycles. The fourth-order valence-electron chi connectivity index (χ4n) is 5.17. The first-order valence-corrected chi connectivity index (χ1v) is 20.5. The fourth-order valence-corrected chi connectivity index (χ4v) is 8.74. The van der Waals surface area contributed by atoms with Crippen LogP contribution in [0, 0.1) is 5.92 Å². The van der Waals surface area contributed by atoms with Crippen molar-refractivity contribution < 1.29 is 50.2 Å². The Hall–Kier alpha value is -1.99. The van der Waals surface area contributed by atoms with Gasteiger partial charge in [-0.2, -0.15) is 0 Å². The van der Waals surface area contributed by atoms with Crippen LogP contribution in [-0.2, 0) is 30.5 Å². The molecule has 14 heteroatoms. The summed E-state index contributed by atoms with van der Waals surface area (Å²) < 4.78 is 8.06. The average Bonchev–Trinajstić information content (AvgIpc) is 3.45. The molecule has 1 fully saturated rings. The van der Waals surface area contributed by atoms with Crippen molar-refractivity contribution >= 4 is 62.9 Å². The molecule has 2 unspecified atom stereocenters. The number of ether oxygens (including phenoxy) is 1. The molecule has 48 heavy (non-hydrogen) atoms. The van der Waals surface area contributed by atoms with Gasteiger partial charge in [-0.15, -0.1) is 0 Å². The van der Waals surface area contributed by atoms with E-state index in [2.05, 4.69) is 47.5 Å². The Kier molecular flexibility index (Phi) is 19.3. The molecule has 0 spiro atoms. The van der Waals surface area contributed by atoms with Gasteiger partial charge in [0.05, 0.1) is 0 Å². The van der Waals surface area contributed by atoms with Crippen molar-refractivity contribution in [2.24, 2.45) is 5.92 Å². The predicted molar refractivity (Wildman–Crippen MR) is 197 cm³/mol. The quantitative estimate of drug-likeness (QED) is 0.0664. The SMILES string of the molecule is C=C[I-]/C(C)=C(\SC)c1ccc(CNC(=O)[C@@H]2C[C@H](O)CN2C(=O)[C@H](I)NC(=O)COCC(C)CC(C)N(C)C/C=C/C(=O)NC)cc1. The van der Waals surface area contributed by atoms with Crippen molar-refractivity contribution in [1.82, 2.24) is 25.8 Å². The van der Waals surface area contributed by atoms with Crippen molar-refractivity contribution in [2.75, 3.05) is 46.7 Å². The number of allylic oxidation sites excluding steroid dienone is 1. The van der Waals surface area contributed by atoms with Gasteiger partial charge in [0.25, 0.3) is 0 Å². The molecular formula is C34H50I2N5O6S-. The first kappa shape index (κ1) is 42.2. The molecule has 4 N–H and O–H groups in total. The topological polar surface area (TPSA) is 140 Å². The van der Waals surface area contributed by atoms with Crippen molar-refractivity contribution in [3.63, 3.8) is 0 Å². The van der Waals surface area contributed by atoms with Crippen LogP contribution in [0.15, 0.2) is 50.7 Å². The van der Waals surface area contributed by atoms with Crippen LogP contribution < -0.4 is 37.2 Å². The van der Waals surface area contributed by atoms with Crippen LogP contribution in [0.25, 0.3) is 4.91 Å². The third-order valence-electron chi connectivity index (χ3n) is 7.85. The molecule has 11 nitrogen and oxygen atoms in total. The number of thioether (sulfide) groups is 1. The number of benzene rings is 1.